The van der Waals surface area contributed by atoms with Crippen LogP contribution in [0, 0.1) is 11.8 Å². The molecule has 0 aromatic carbocycles. The number of amides is 4. The number of aliphatic carboxylic acids is 2. The van der Waals surface area contributed by atoms with E-state index < -0.39 is 72.7 Å². The predicted octanol–water partition coefficient (Wildman–Crippen LogP) is -1.83. The molecule has 0 aliphatic heterocycles. The Morgan fingerprint density at radius 3 is 1.70 bits per heavy atom. The molecule has 33 heavy (non-hydrogen) atoms. The van der Waals surface area contributed by atoms with Crippen molar-refractivity contribution in [2.45, 2.75) is 71.6 Å². The lowest BCUT2D eigenvalue weighted by atomic mass is 10.00. The van der Waals surface area contributed by atoms with E-state index in [1.165, 1.54) is 6.92 Å². The van der Waals surface area contributed by atoms with Crippen LogP contribution < -0.4 is 27.0 Å². The van der Waals surface area contributed by atoms with Gasteiger partial charge in [-0.15, -0.1) is 0 Å². The Kier molecular flexibility index (Phi) is 12.7. The van der Waals surface area contributed by atoms with Gasteiger partial charge in [0.15, 0.2) is 0 Å². The standard InChI is InChI=1S/C20H35N5O8/c1-9(2)6-12(25-20(33)16(21)10(3)4)19(32)24-13(7-14(26)27)18(31)23-11(5)17(30)22-8-15(28)29/h9-13,16H,6-8,21H2,1-5H3,(H,22,30)(H,23,31)(H,24,32)(H,25,33)(H,26,27)(H,28,29)/t11-,12-,13-,16-/m0/s1. The second-order valence-corrected chi connectivity index (χ2v) is 8.46. The quantitative estimate of drug-likeness (QED) is 0.151. The Balaban J connectivity index is 5.39. The van der Waals surface area contributed by atoms with Gasteiger partial charge in [0.2, 0.25) is 23.6 Å². The summed E-state index contributed by atoms with van der Waals surface area (Å²) < 4.78 is 0. The van der Waals surface area contributed by atoms with Gasteiger partial charge in [0, 0.05) is 0 Å². The summed E-state index contributed by atoms with van der Waals surface area (Å²) in [5.41, 5.74) is 5.82. The van der Waals surface area contributed by atoms with Crippen molar-refractivity contribution in [3.63, 3.8) is 0 Å². The summed E-state index contributed by atoms with van der Waals surface area (Å²) in [5, 5.41) is 26.9. The number of carbonyl (C=O) groups excluding carboxylic acids is 4. The zero-order chi connectivity index (χ0) is 25.9. The highest BCUT2D eigenvalue weighted by Crippen LogP contribution is 2.08. The number of hydrogen-bond acceptors (Lipinski definition) is 7. The van der Waals surface area contributed by atoms with E-state index in [-0.39, 0.29) is 18.3 Å². The normalized spacial score (nSPS) is 14.5. The number of rotatable bonds is 14. The minimum atomic E-state index is -1.55. The Labute approximate surface area is 192 Å². The third-order valence-corrected chi connectivity index (χ3v) is 4.54. The molecule has 0 bridgehead atoms. The van der Waals surface area contributed by atoms with Crippen LogP contribution in [0.5, 0.6) is 0 Å². The number of hydrogen-bond donors (Lipinski definition) is 7. The van der Waals surface area contributed by atoms with Crippen LogP contribution in [0.1, 0.15) is 47.5 Å². The van der Waals surface area contributed by atoms with Crippen molar-refractivity contribution in [2.24, 2.45) is 17.6 Å². The molecule has 0 fully saturated rings. The van der Waals surface area contributed by atoms with E-state index in [1.807, 2.05) is 13.8 Å². The minimum Gasteiger partial charge on any atom is -0.481 e. The zero-order valence-electron chi connectivity index (χ0n) is 19.5. The van der Waals surface area contributed by atoms with Crippen LogP contribution in [-0.4, -0.2) is 76.5 Å². The summed E-state index contributed by atoms with van der Waals surface area (Å²) in [6.45, 7) is 7.71. The third kappa shape index (κ3) is 11.8. The maximum absolute atomic E-state index is 12.8. The Hall–Kier alpha value is -3.22. The summed E-state index contributed by atoms with van der Waals surface area (Å²) in [6, 6.07) is -4.67. The number of nitrogens with one attached hydrogen (secondary N) is 4. The smallest absolute Gasteiger partial charge is 0.322 e. The summed E-state index contributed by atoms with van der Waals surface area (Å²) in [4.78, 5) is 71.3. The van der Waals surface area contributed by atoms with E-state index in [9.17, 15) is 28.8 Å². The van der Waals surface area contributed by atoms with Crippen LogP contribution in [0.25, 0.3) is 0 Å². The summed E-state index contributed by atoms with van der Waals surface area (Å²) in [6.07, 6.45) is -0.577. The van der Waals surface area contributed by atoms with Gasteiger partial charge < -0.3 is 37.2 Å². The zero-order valence-corrected chi connectivity index (χ0v) is 19.5. The summed E-state index contributed by atoms with van der Waals surface area (Å²) >= 11 is 0. The van der Waals surface area contributed by atoms with Crippen molar-refractivity contribution in [1.29, 1.82) is 0 Å². The first-order valence-electron chi connectivity index (χ1n) is 10.5. The van der Waals surface area contributed by atoms with E-state index in [0.29, 0.717) is 0 Å². The second kappa shape index (κ2) is 14.0. The molecule has 8 N–H and O–H groups in total. The predicted molar refractivity (Wildman–Crippen MR) is 117 cm³/mol. The fraction of sp³-hybridized carbons (Fsp3) is 0.700. The highest BCUT2D eigenvalue weighted by atomic mass is 16.4. The van der Waals surface area contributed by atoms with Crippen LogP contribution in [0.3, 0.4) is 0 Å². The van der Waals surface area contributed by atoms with Crippen molar-refractivity contribution >= 4 is 35.6 Å². The first-order chi connectivity index (χ1) is 15.1. The molecule has 0 unspecified atom stereocenters. The molecule has 0 heterocycles. The van der Waals surface area contributed by atoms with Gasteiger partial charge in [-0.3, -0.25) is 28.8 Å². The van der Waals surface area contributed by atoms with E-state index in [2.05, 4.69) is 21.3 Å². The lowest BCUT2D eigenvalue weighted by molar-refractivity contribution is -0.142. The number of carboxylic acid groups (broad SMARTS) is 2. The minimum absolute atomic E-state index is 0.0268. The molecule has 0 aliphatic carbocycles. The Morgan fingerprint density at radius 2 is 1.24 bits per heavy atom. The van der Waals surface area contributed by atoms with Gasteiger partial charge in [-0.05, 0) is 25.2 Å². The number of nitrogens with two attached hydrogens (primary N) is 1. The topological polar surface area (TPSA) is 217 Å². The van der Waals surface area contributed by atoms with Crippen LogP contribution in [-0.2, 0) is 28.8 Å². The van der Waals surface area contributed by atoms with Gasteiger partial charge in [-0.1, -0.05) is 27.7 Å². The van der Waals surface area contributed by atoms with Crippen molar-refractivity contribution in [3.8, 4) is 0 Å². The molecule has 0 saturated heterocycles. The molecular weight excluding hydrogens is 438 g/mol. The third-order valence-electron chi connectivity index (χ3n) is 4.54. The number of carbonyl (C=O) groups is 6. The lowest BCUT2D eigenvalue weighted by Gasteiger charge is -2.26. The molecule has 4 amide bonds. The average Bonchev–Trinajstić information content (AvgIpc) is 2.69. The Morgan fingerprint density at radius 1 is 0.727 bits per heavy atom. The molecule has 13 heteroatoms. The van der Waals surface area contributed by atoms with Crippen LogP contribution in [0.4, 0.5) is 0 Å². The fourth-order valence-electron chi connectivity index (χ4n) is 2.63. The van der Waals surface area contributed by atoms with Crippen LogP contribution >= 0.6 is 0 Å². The second-order valence-electron chi connectivity index (χ2n) is 8.46. The largest absolute Gasteiger partial charge is 0.481 e. The molecule has 0 aliphatic rings. The summed E-state index contributed by atoms with van der Waals surface area (Å²) in [7, 11) is 0. The molecule has 0 rings (SSSR count). The molecule has 13 nitrogen and oxygen atoms in total. The van der Waals surface area contributed by atoms with Gasteiger partial charge in [0.25, 0.3) is 0 Å². The maximum Gasteiger partial charge on any atom is 0.322 e. The van der Waals surface area contributed by atoms with Crippen molar-refractivity contribution in [3.05, 3.63) is 0 Å². The van der Waals surface area contributed by atoms with E-state index in [0.717, 1.165) is 0 Å². The van der Waals surface area contributed by atoms with Gasteiger partial charge in [0.1, 0.15) is 24.7 Å². The van der Waals surface area contributed by atoms with Crippen LogP contribution in [0.2, 0.25) is 0 Å². The van der Waals surface area contributed by atoms with Gasteiger partial charge >= 0.3 is 11.9 Å². The van der Waals surface area contributed by atoms with Gasteiger partial charge in [-0.2, -0.15) is 0 Å². The van der Waals surface area contributed by atoms with E-state index in [4.69, 9.17) is 15.9 Å². The summed E-state index contributed by atoms with van der Waals surface area (Å²) in [5.74, 6) is -5.99. The van der Waals surface area contributed by atoms with Crippen molar-refractivity contribution in [2.75, 3.05) is 6.54 Å². The first kappa shape index (κ1) is 29.8. The molecule has 0 spiro atoms. The molecule has 0 aromatic heterocycles. The first-order valence-corrected chi connectivity index (χ1v) is 10.5. The molecule has 0 radical (unpaired) electrons. The monoisotopic (exact) mass is 473 g/mol. The Bertz CT molecular complexity index is 740. The maximum atomic E-state index is 12.8. The highest BCUT2D eigenvalue weighted by Gasteiger charge is 2.31. The van der Waals surface area contributed by atoms with Crippen molar-refractivity contribution < 1.29 is 39.0 Å². The molecular formula is C20H35N5O8. The molecule has 188 valence electrons. The fourth-order valence-corrected chi connectivity index (χ4v) is 2.63. The van der Waals surface area contributed by atoms with Gasteiger partial charge in [0.05, 0.1) is 12.5 Å². The SMILES string of the molecule is CC(C)C[C@H](NC(=O)[C@@H](N)C(C)C)C(=O)N[C@@H](CC(=O)O)C(=O)N[C@@H](C)C(=O)NCC(=O)O. The van der Waals surface area contributed by atoms with E-state index >= 15 is 0 Å². The van der Waals surface area contributed by atoms with Crippen LogP contribution in [0.15, 0.2) is 0 Å². The lowest BCUT2D eigenvalue weighted by Crippen LogP contribution is -2.58. The van der Waals surface area contributed by atoms with Gasteiger partial charge in [-0.25, -0.2) is 0 Å². The molecule has 4 atom stereocenters. The highest BCUT2D eigenvalue weighted by molar-refractivity contribution is 5.96. The number of carboxylic acids is 2. The average molecular weight is 474 g/mol. The van der Waals surface area contributed by atoms with E-state index in [1.54, 1.807) is 13.8 Å². The molecule has 0 aromatic rings. The molecule has 0 saturated carbocycles. The van der Waals surface area contributed by atoms with Crippen molar-refractivity contribution in [1.82, 2.24) is 21.3 Å².